The predicted octanol–water partition coefficient (Wildman–Crippen LogP) is 2.77. The van der Waals surface area contributed by atoms with Gasteiger partial charge >= 0.3 is 0 Å². The first-order valence-corrected chi connectivity index (χ1v) is 6.43. The van der Waals surface area contributed by atoms with Gasteiger partial charge in [-0.1, -0.05) is 24.0 Å². The highest BCUT2D eigenvalue weighted by Crippen LogP contribution is 2.16. The highest BCUT2D eigenvalue weighted by molar-refractivity contribution is 5.46. The zero-order chi connectivity index (χ0) is 14.4. The topological polar surface area (TPSA) is 29.3 Å². The van der Waals surface area contributed by atoms with Gasteiger partial charge in [0.05, 0.1) is 6.54 Å². The summed E-state index contributed by atoms with van der Waals surface area (Å²) in [6.07, 6.45) is 0. The van der Waals surface area contributed by atoms with Crippen LogP contribution in [0.25, 0.3) is 0 Å². The Hall–Kier alpha value is -2.31. The summed E-state index contributed by atoms with van der Waals surface area (Å²) in [5.41, 5.74) is 8.46. The lowest BCUT2D eigenvalue weighted by atomic mass is 10.1. The van der Waals surface area contributed by atoms with E-state index in [1.165, 1.54) is 17.7 Å². The van der Waals surface area contributed by atoms with Crippen LogP contribution in [-0.2, 0) is 6.54 Å². The summed E-state index contributed by atoms with van der Waals surface area (Å²) in [7, 11) is 1.98. The predicted molar refractivity (Wildman–Crippen MR) is 80.9 cm³/mol. The van der Waals surface area contributed by atoms with E-state index < -0.39 is 0 Å². The lowest BCUT2D eigenvalue weighted by molar-refractivity contribution is 0.627. The Bertz CT molecular complexity index is 606. The maximum absolute atomic E-state index is 12.9. The first-order valence-electron chi connectivity index (χ1n) is 6.43. The van der Waals surface area contributed by atoms with Gasteiger partial charge in [-0.25, -0.2) is 4.39 Å². The van der Waals surface area contributed by atoms with Crippen molar-refractivity contribution in [1.82, 2.24) is 0 Å². The molecule has 2 aromatic rings. The maximum Gasteiger partial charge on any atom is 0.123 e. The maximum atomic E-state index is 12.9. The summed E-state index contributed by atoms with van der Waals surface area (Å²) in [4.78, 5) is 2.07. The Balaban J connectivity index is 2.04. The third-order valence-electron chi connectivity index (χ3n) is 2.98. The van der Waals surface area contributed by atoms with E-state index in [1.807, 2.05) is 31.3 Å². The number of hydrogen-bond acceptors (Lipinski definition) is 2. The molecule has 0 atom stereocenters. The summed E-state index contributed by atoms with van der Waals surface area (Å²) < 4.78 is 12.9. The molecule has 2 aromatic carbocycles. The minimum atomic E-state index is -0.218. The summed E-state index contributed by atoms with van der Waals surface area (Å²) in [6, 6.07) is 14.5. The second-order valence-corrected chi connectivity index (χ2v) is 4.54. The molecule has 0 aliphatic carbocycles. The molecule has 0 heterocycles. The van der Waals surface area contributed by atoms with E-state index in [4.69, 9.17) is 5.73 Å². The number of hydrogen-bond donors (Lipinski definition) is 1. The molecule has 2 nitrogen and oxygen atoms in total. The molecule has 0 saturated carbocycles. The van der Waals surface area contributed by atoms with Crippen molar-refractivity contribution in [2.75, 3.05) is 18.5 Å². The van der Waals surface area contributed by atoms with Crippen LogP contribution in [0.4, 0.5) is 10.1 Å². The molecule has 102 valence electrons. The zero-order valence-corrected chi connectivity index (χ0v) is 11.4. The standard InChI is InChI=1S/C17H17FN2/c1-20(17-10-8-16(18)9-11-17)13-15-6-4-14(5-7-15)3-2-12-19/h4-11H,12-13,19H2,1H3. The minimum absolute atomic E-state index is 0.218. The molecule has 0 amide bonds. The molecule has 0 spiro atoms. The number of halogens is 1. The molecule has 0 aliphatic heterocycles. The lowest BCUT2D eigenvalue weighted by Gasteiger charge is -2.19. The quantitative estimate of drug-likeness (QED) is 0.867. The molecular weight excluding hydrogens is 251 g/mol. The molecule has 0 unspecified atom stereocenters. The molecule has 2 N–H and O–H groups in total. The van der Waals surface area contributed by atoms with Crippen molar-refractivity contribution in [1.29, 1.82) is 0 Å². The van der Waals surface area contributed by atoms with Crippen molar-refractivity contribution in [2.24, 2.45) is 5.73 Å². The van der Waals surface area contributed by atoms with Gasteiger partial charge in [0.15, 0.2) is 0 Å². The monoisotopic (exact) mass is 268 g/mol. The van der Waals surface area contributed by atoms with Crippen LogP contribution >= 0.6 is 0 Å². The number of nitrogens with two attached hydrogens (primary N) is 1. The van der Waals surface area contributed by atoms with Crippen LogP contribution in [-0.4, -0.2) is 13.6 Å². The van der Waals surface area contributed by atoms with E-state index in [0.29, 0.717) is 6.54 Å². The van der Waals surface area contributed by atoms with E-state index in [1.54, 1.807) is 12.1 Å². The fraction of sp³-hybridized carbons (Fsp3) is 0.176. The normalized spacial score (nSPS) is 9.75. The molecule has 2 rings (SSSR count). The molecule has 0 saturated heterocycles. The number of anilines is 1. The molecule has 3 heteroatoms. The summed E-state index contributed by atoms with van der Waals surface area (Å²) in [5, 5.41) is 0. The summed E-state index contributed by atoms with van der Waals surface area (Å²) >= 11 is 0. The summed E-state index contributed by atoms with van der Waals surface area (Å²) in [5.74, 6) is 5.60. The highest BCUT2D eigenvalue weighted by Gasteiger charge is 2.02. The van der Waals surface area contributed by atoms with Crippen molar-refractivity contribution in [3.05, 3.63) is 65.5 Å². The van der Waals surface area contributed by atoms with E-state index in [-0.39, 0.29) is 5.82 Å². The van der Waals surface area contributed by atoms with Gasteiger partial charge in [-0.15, -0.1) is 0 Å². The van der Waals surface area contributed by atoms with Gasteiger partial charge in [0.2, 0.25) is 0 Å². The van der Waals surface area contributed by atoms with Gasteiger partial charge in [0.25, 0.3) is 0 Å². The van der Waals surface area contributed by atoms with E-state index in [2.05, 4.69) is 16.7 Å². The van der Waals surface area contributed by atoms with Gasteiger partial charge in [-0.2, -0.15) is 0 Å². The number of nitrogens with zero attached hydrogens (tertiary/aromatic N) is 1. The lowest BCUT2D eigenvalue weighted by Crippen LogP contribution is -2.16. The van der Waals surface area contributed by atoms with E-state index in [0.717, 1.165) is 17.8 Å². The third-order valence-corrected chi connectivity index (χ3v) is 2.98. The Labute approximate surface area is 119 Å². The van der Waals surface area contributed by atoms with Crippen LogP contribution in [0.1, 0.15) is 11.1 Å². The van der Waals surface area contributed by atoms with Gasteiger partial charge in [0, 0.05) is 24.8 Å². The first-order chi connectivity index (χ1) is 9.69. The molecule has 0 bridgehead atoms. The van der Waals surface area contributed by atoms with Crippen LogP contribution in [0.2, 0.25) is 0 Å². The van der Waals surface area contributed by atoms with Crippen molar-refractivity contribution >= 4 is 5.69 Å². The molecule has 0 radical (unpaired) electrons. The number of benzene rings is 2. The fourth-order valence-electron chi connectivity index (χ4n) is 1.91. The molecule has 0 fully saturated rings. The van der Waals surface area contributed by atoms with Crippen LogP contribution in [0.3, 0.4) is 0 Å². The molecule has 0 aliphatic rings. The smallest absolute Gasteiger partial charge is 0.123 e. The van der Waals surface area contributed by atoms with Crippen LogP contribution in [0, 0.1) is 17.7 Å². The fourth-order valence-corrected chi connectivity index (χ4v) is 1.91. The van der Waals surface area contributed by atoms with Crippen molar-refractivity contribution in [3.63, 3.8) is 0 Å². The minimum Gasteiger partial charge on any atom is -0.370 e. The van der Waals surface area contributed by atoms with Crippen LogP contribution in [0.5, 0.6) is 0 Å². The molecule has 0 aromatic heterocycles. The van der Waals surface area contributed by atoms with Gasteiger partial charge in [-0.05, 0) is 42.0 Å². The Morgan fingerprint density at radius 3 is 2.30 bits per heavy atom. The average molecular weight is 268 g/mol. The van der Waals surface area contributed by atoms with E-state index in [9.17, 15) is 4.39 Å². The molecule has 20 heavy (non-hydrogen) atoms. The zero-order valence-electron chi connectivity index (χ0n) is 11.4. The summed E-state index contributed by atoms with van der Waals surface area (Å²) in [6.45, 7) is 1.13. The third kappa shape index (κ3) is 3.84. The van der Waals surface area contributed by atoms with Crippen molar-refractivity contribution < 1.29 is 4.39 Å². The van der Waals surface area contributed by atoms with Crippen LogP contribution in [0.15, 0.2) is 48.5 Å². The Kier molecular flexibility index (Phi) is 4.75. The molecular formula is C17H17FN2. The SMILES string of the molecule is CN(Cc1ccc(C#CCN)cc1)c1ccc(F)cc1. The van der Waals surface area contributed by atoms with Gasteiger partial charge in [-0.3, -0.25) is 0 Å². The highest BCUT2D eigenvalue weighted by atomic mass is 19.1. The van der Waals surface area contributed by atoms with E-state index >= 15 is 0 Å². The Morgan fingerprint density at radius 1 is 1.05 bits per heavy atom. The van der Waals surface area contributed by atoms with Gasteiger partial charge < -0.3 is 10.6 Å². The van der Waals surface area contributed by atoms with Crippen molar-refractivity contribution in [2.45, 2.75) is 6.54 Å². The Morgan fingerprint density at radius 2 is 1.70 bits per heavy atom. The van der Waals surface area contributed by atoms with Gasteiger partial charge in [0.1, 0.15) is 5.82 Å². The second kappa shape index (κ2) is 6.74. The van der Waals surface area contributed by atoms with Crippen molar-refractivity contribution in [3.8, 4) is 11.8 Å². The largest absolute Gasteiger partial charge is 0.370 e. The first kappa shape index (κ1) is 14.1. The van der Waals surface area contributed by atoms with Crippen LogP contribution < -0.4 is 10.6 Å². The second-order valence-electron chi connectivity index (χ2n) is 4.54. The average Bonchev–Trinajstić information content (AvgIpc) is 2.47. The number of rotatable bonds is 3.